The Labute approximate surface area is 185 Å². The van der Waals surface area contributed by atoms with E-state index in [-0.39, 0.29) is 17.7 Å². The van der Waals surface area contributed by atoms with Crippen LogP contribution in [0.25, 0.3) is 0 Å². The molecule has 1 saturated carbocycles. The summed E-state index contributed by atoms with van der Waals surface area (Å²) in [6.45, 7) is 1.21. The summed E-state index contributed by atoms with van der Waals surface area (Å²) >= 11 is 3.23. The molecule has 30 heavy (non-hydrogen) atoms. The summed E-state index contributed by atoms with van der Waals surface area (Å²) in [7, 11) is 0. The average Bonchev–Trinajstić information content (AvgIpc) is 3.43. The number of rotatable bonds is 7. The second-order valence-corrected chi connectivity index (χ2v) is 10.1. The van der Waals surface area contributed by atoms with Gasteiger partial charge in [-0.1, -0.05) is 37.1 Å². The molecule has 0 bridgehead atoms. The second-order valence-electron chi connectivity index (χ2n) is 8.16. The minimum atomic E-state index is -0.254. The van der Waals surface area contributed by atoms with Gasteiger partial charge in [-0.2, -0.15) is 0 Å². The van der Waals surface area contributed by atoms with Gasteiger partial charge in [0.1, 0.15) is 5.82 Å². The van der Waals surface area contributed by atoms with Gasteiger partial charge in [0.2, 0.25) is 11.8 Å². The molecule has 7 nitrogen and oxygen atoms in total. The van der Waals surface area contributed by atoms with Gasteiger partial charge in [0, 0.05) is 36.3 Å². The van der Waals surface area contributed by atoms with E-state index in [9.17, 15) is 9.59 Å². The van der Waals surface area contributed by atoms with Crippen molar-refractivity contribution < 1.29 is 9.59 Å². The molecule has 1 aliphatic heterocycles. The van der Waals surface area contributed by atoms with Crippen molar-refractivity contribution in [2.75, 3.05) is 18.8 Å². The normalized spacial score (nSPS) is 18.6. The molecule has 2 N–H and O–H groups in total. The fourth-order valence-corrected chi connectivity index (χ4v) is 6.06. The van der Waals surface area contributed by atoms with Crippen molar-refractivity contribution in [3.05, 3.63) is 28.2 Å². The number of thiophene rings is 1. The highest BCUT2D eigenvalue weighted by Gasteiger charge is 2.27. The first-order valence-electron chi connectivity index (χ1n) is 10.8. The van der Waals surface area contributed by atoms with E-state index in [0.717, 1.165) is 30.2 Å². The Kier molecular flexibility index (Phi) is 7.09. The summed E-state index contributed by atoms with van der Waals surface area (Å²) in [5.41, 5.74) is 5.40. The van der Waals surface area contributed by atoms with Gasteiger partial charge in [-0.15, -0.1) is 21.5 Å². The van der Waals surface area contributed by atoms with Crippen LogP contribution in [-0.2, 0) is 16.0 Å². The predicted octanol–water partition coefficient (Wildman–Crippen LogP) is 3.25. The van der Waals surface area contributed by atoms with Crippen LogP contribution in [0.2, 0.25) is 0 Å². The average molecular weight is 448 g/mol. The Hall–Kier alpha value is -1.87. The van der Waals surface area contributed by atoms with Crippen molar-refractivity contribution in [3.63, 3.8) is 0 Å². The minimum absolute atomic E-state index is 0.0981. The third-order valence-electron chi connectivity index (χ3n) is 6.16. The number of nitrogens with zero attached hydrogens (tertiary/aromatic N) is 4. The maximum atomic E-state index is 12.7. The van der Waals surface area contributed by atoms with Gasteiger partial charge in [-0.25, -0.2) is 0 Å². The molecule has 0 radical (unpaired) electrons. The standard InChI is InChI=1S/C21H29N5O2S2/c22-20(28)15-8-10-25(11-9-15)19(27)14-30-21-24-23-18(13-17-7-4-12-29-17)26(21)16-5-2-1-3-6-16/h4,7,12,15-16H,1-3,5-6,8-11,13-14H2,(H2,22,28). The number of carbonyl (C=O) groups excluding carboxylic acids is 2. The molecule has 0 atom stereocenters. The van der Waals surface area contributed by atoms with Crippen LogP contribution in [0.1, 0.15) is 61.7 Å². The summed E-state index contributed by atoms with van der Waals surface area (Å²) in [6, 6.07) is 4.63. The van der Waals surface area contributed by atoms with Crippen molar-refractivity contribution >= 4 is 34.9 Å². The number of aromatic nitrogens is 3. The third-order valence-corrected chi connectivity index (χ3v) is 7.97. The van der Waals surface area contributed by atoms with Crippen molar-refractivity contribution in [2.24, 2.45) is 11.7 Å². The van der Waals surface area contributed by atoms with Crippen LogP contribution in [0.5, 0.6) is 0 Å². The zero-order chi connectivity index (χ0) is 20.9. The first kappa shape index (κ1) is 21.4. The lowest BCUT2D eigenvalue weighted by Gasteiger charge is -2.30. The van der Waals surface area contributed by atoms with Gasteiger partial charge in [0.25, 0.3) is 0 Å². The van der Waals surface area contributed by atoms with Crippen molar-refractivity contribution in [1.29, 1.82) is 0 Å². The van der Waals surface area contributed by atoms with Crippen LogP contribution in [0.3, 0.4) is 0 Å². The molecule has 2 aromatic rings. The number of likely N-dealkylation sites (tertiary alicyclic amines) is 1. The Morgan fingerprint density at radius 2 is 1.90 bits per heavy atom. The lowest BCUT2D eigenvalue weighted by atomic mass is 9.95. The molecule has 2 aliphatic rings. The van der Waals surface area contributed by atoms with Gasteiger partial charge in [-0.05, 0) is 37.1 Å². The van der Waals surface area contributed by atoms with Crippen molar-refractivity contribution in [3.8, 4) is 0 Å². The number of thioether (sulfide) groups is 1. The Balaban J connectivity index is 1.42. The van der Waals surface area contributed by atoms with E-state index in [2.05, 4.69) is 32.3 Å². The largest absolute Gasteiger partial charge is 0.369 e. The summed E-state index contributed by atoms with van der Waals surface area (Å²) in [4.78, 5) is 27.2. The molecule has 0 spiro atoms. The van der Waals surface area contributed by atoms with Crippen molar-refractivity contribution in [2.45, 2.75) is 62.6 Å². The number of carbonyl (C=O) groups is 2. The van der Waals surface area contributed by atoms with E-state index in [1.165, 1.54) is 35.9 Å². The van der Waals surface area contributed by atoms with Crippen molar-refractivity contribution in [1.82, 2.24) is 19.7 Å². The van der Waals surface area contributed by atoms with Gasteiger partial charge in [0.15, 0.2) is 5.16 Å². The molecular formula is C21H29N5O2S2. The lowest BCUT2D eigenvalue weighted by molar-refractivity contribution is -0.132. The van der Waals surface area contributed by atoms with Gasteiger partial charge in [0.05, 0.1) is 5.75 Å². The van der Waals surface area contributed by atoms with Gasteiger partial charge in [-0.3, -0.25) is 9.59 Å². The number of hydrogen-bond donors (Lipinski definition) is 1. The molecule has 162 valence electrons. The molecule has 0 unspecified atom stereocenters. The number of amides is 2. The van der Waals surface area contributed by atoms with Crippen LogP contribution >= 0.6 is 23.1 Å². The summed E-state index contributed by atoms with van der Waals surface area (Å²) < 4.78 is 2.30. The van der Waals surface area contributed by atoms with Crippen LogP contribution < -0.4 is 5.73 Å². The summed E-state index contributed by atoms with van der Waals surface area (Å²) in [6.07, 6.45) is 8.18. The molecule has 9 heteroatoms. The third kappa shape index (κ3) is 5.06. The van der Waals surface area contributed by atoms with E-state index < -0.39 is 0 Å². The SMILES string of the molecule is NC(=O)C1CCN(C(=O)CSc2nnc(Cc3cccs3)n2C2CCCCC2)CC1. The fraction of sp³-hybridized carbons (Fsp3) is 0.619. The molecule has 3 heterocycles. The number of hydrogen-bond acceptors (Lipinski definition) is 6. The van der Waals surface area contributed by atoms with E-state index in [1.807, 2.05) is 4.90 Å². The molecule has 4 rings (SSSR count). The zero-order valence-electron chi connectivity index (χ0n) is 17.2. The second kappa shape index (κ2) is 9.96. The Morgan fingerprint density at radius 3 is 2.57 bits per heavy atom. The first-order valence-corrected chi connectivity index (χ1v) is 12.6. The van der Waals surface area contributed by atoms with E-state index in [1.54, 1.807) is 11.3 Å². The maximum absolute atomic E-state index is 12.7. The van der Waals surface area contributed by atoms with Crippen LogP contribution in [0.4, 0.5) is 0 Å². The van der Waals surface area contributed by atoms with Crippen LogP contribution in [0.15, 0.2) is 22.7 Å². The topological polar surface area (TPSA) is 94.1 Å². The minimum Gasteiger partial charge on any atom is -0.369 e. The smallest absolute Gasteiger partial charge is 0.233 e. The molecule has 2 fully saturated rings. The first-order chi connectivity index (χ1) is 14.6. The van der Waals surface area contributed by atoms with Gasteiger partial charge >= 0.3 is 0 Å². The fourth-order valence-electron chi connectivity index (χ4n) is 4.43. The maximum Gasteiger partial charge on any atom is 0.233 e. The predicted molar refractivity (Wildman–Crippen MR) is 118 cm³/mol. The highest BCUT2D eigenvalue weighted by molar-refractivity contribution is 7.99. The molecule has 2 aromatic heterocycles. The van der Waals surface area contributed by atoms with Crippen LogP contribution in [-0.4, -0.2) is 50.3 Å². The van der Waals surface area contributed by atoms with E-state index in [4.69, 9.17) is 5.73 Å². The summed E-state index contributed by atoms with van der Waals surface area (Å²) in [5, 5.41) is 11.9. The number of primary amides is 1. The molecular weight excluding hydrogens is 418 g/mol. The quantitative estimate of drug-likeness (QED) is 0.658. The number of nitrogens with two attached hydrogens (primary N) is 1. The Morgan fingerprint density at radius 1 is 1.13 bits per heavy atom. The van der Waals surface area contributed by atoms with E-state index in [0.29, 0.717) is 37.7 Å². The molecule has 1 aliphatic carbocycles. The van der Waals surface area contributed by atoms with Gasteiger partial charge < -0.3 is 15.2 Å². The van der Waals surface area contributed by atoms with Crippen LogP contribution in [0, 0.1) is 5.92 Å². The highest BCUT2D eigenvalue weighted by Crippen LogP contribution is 2.33. The highest BCUT2D eigenvalue weighted by atomic mass is 32.2. The Bertz CT molecular complexity index is 853. The zero-order valence-corrected chi connectivity index (χ0v) is 18.8. The molecule has 1 saturated heterocycles. The number of piperidine rings is 1. The molecule has 2 amide bonds. The monoisotopic (exact) mass is 447 g/mol. The molecule has 0 aromatic carbocycles. The lowest BCUT2D eigenvalue weighted by Crippen LogP contribution is -2.42. The summed E-state index contributed by atoms with van der Waals surface area (Å²) in [5.74, 6) is 1.10. The van der Waals surface area contributed by atoms with E-state index >= 15 is 0 Å².